The Bertz CT molecular complexity index is 215. The number of hydrogen-bond acceptors (Lipinski definition) is 2. The van der Waals surface area contributed by atoms with Crippen LogP contribution in [0.2, 0.25) is 0 Å². The summed E-state index contributed by atoms with van der Waals surface area (Å²) in [6, 6.07) is 0.584. The molecule has 0 saturated heterocycles. The van der Waals surface area contributed by atoms with Crippen LogP contribution in [0.5, 0.6) is 0 Å². The van der Waals surface area contributed by atoms with Gasteiger partial charge in [0, 0.05) is 25.7 Å². The van der Waals surface area contributed by atoms with Gasteiger partial charge in [-0.1, -0.05) is 61.3 Å². The quantitative estimate of drug-likeness (QED) is 0.606. The Balaban J connectivity index is 4.49. The normalized spacial score (nSPS) is 16.9. The Labute approximate surface area is 122 Å². The lowest BCUT2D eigenvalue weighted by atomic mass is 9.84. The number of nitrogens with one attached hydrogen (secondary N) is 1. The second-order valence-corrected chi connectivity index (χ2v) is 6.94. The molecule has 0 radical (unpaired) electrons. The van der Waals surface area contributed by atoms with E-state index in [0.29, 0.717) is 11.5 Å². The summed E-state index contributed by atoms with van der Waals surface area (Å²) < 4.78 is 0. The van der Waals surface area contributed by atoms with Crippen molar-refractivity contribution >= 4 is 0 Å². The van der Waals surface area contributed by atoms with Gasteiger partial charge in [0.15, 0.2) is 0 Å². The standard InChI is InChI=1S/C17H38N2/c1-8-11-17(7,13-18-15(4)5)14-19(10-3)12-16(6)9-2/h15-16,18H,8-14H2,1-7H3. The number of rotatable bonds is 11. The zero-order valence-electron chi connectivity index (χ0n) is 14.6. The van der Waals surface area contributed by atoms with Gasteiger partial charge in [0.1, 0.15) is 0 Å². The molecule has 0 bridgehead atoms. The van der Waals surface area contributed by atoms with Gasteiger partial charge in [-0.15, -0.1) is 0 Å². The summed E-state index contributed by atoms with van der Waals surface area (Å²) in [5.41, 5.74) is 0.405. The highest BCUT2D eigenvalue weighted by atomic mass is 15.1. The molecule has 0 aromatic heterocycles. The minimum absolute atomic E-state index is 0.405. The van der Waals surface area contributed by atoms with Gasteiger partial charge in [-0.2, -0.15) is 0 Å². The second-order valence-electron chi connectivity index (χ2n) is 6.94. The van der Waals surface area contributed by atoms with Crippen LogP contribution in [-0.2, 0) is 0 Å². The van der Waals surface area contributed by atoms with Crippen LogP contribution in [0, 0.1) is 11.3 Å². The zero-order chi connectivity index (χ0) is 14.9. The second kappa shape index (κ2) is 9.77. The van der Waals surface area contributed by atoms with E-state index in [0.717, 1.165) is 12.5 Å². The molecule has 0 rings (SSSR count). The van der Waals surface area contributed by atoms with Crippen LogP contribution in [0.4, 0.5) is 0 Å². The summed E-state index contributed by atoms with van der Waals surface area (Å²) >= 11 is 0. The van der Waals surface area contributed by atoms with E-state index in [9.17, 15) is 0 Å². The van der Waals surface area contributed by atoms with Gasteiger partial charge >= 0.3 is 0 Å². The molecule has 0 aliphatic carbocycles. The van der Waals surface area contributed by atoms with E-state index in [1.807, 2.05) is 0 Å². The summed E-state index contributed by atoms with van der Waals surface area (Å²) in [6.45, 7) is 21.0. The summed E-state index contributed by atoms with van der Waals surface area (Å²) in [5, 5.41) is 3.64. The van der Waals surface area contributed by atoms with Crippen molar-refractivity contribution in [3.05, 3.63) is 0 Å². The largest absolute Gasteiger partial charge is 0.314 e. The fourth-order valence-electron chi connectivity index (χ4n) is 2.69. The molecular weight excluding hydrogens is 232 g/mol. The van der Waals surface area contributed by atoms with Crippen molar-refractivity contribution in [3.63, 3.8) is 0 Å². The lowest BCUT2D eigenvalue weighted by molar-refractivity contribution is 0.137. The highest BCUT2D eigenvalue weighted by Crippen LogP contribution is 2.24. The summed E-state index contributed by atoms with van der Waals surface area (Å²) in [7, 11) is 0. The molecule has 0 aliphatic heterocycles. The van der Waals surface area contributed by atoms with E-state index in [1.54, 1.807) is 0 Å². The minimum Gasteiger partial charge on any atom is -0.314 e. The molecule has 19 heavy (non-hydrogen) atoms. The number of hydrogen-bond donors (Lipinski definition) is 1. The first-order valence-electron chi connectivity index (χ1n) is 8.32. The molecule has 116 valence electrons. The number of nitrogens with zero attached hydrogens (tertiary/aromatic N) is 1. The molecule has 0 heterocycles. The smallest absolute Gasteiger partial charge is 0.00475 e. The molecule has 0 aliphatic rings. The van der Waals surface area contributed by atoms with Gasteiger partial charge in [-0.3, -0.25) is 0 Å². The van der Waals surface area contributed by atoms with Gasteiger partial charge in [-0.05, 0) is 24.3 Å². The maximum Gasteiger partial charge on any atom is 0.00475 e. The third-order valence-corrected chi connectivity index (χ3v) is 4.11. The molecule has 0 aromatic carbocycles. The van der Waals surface area contributed by atoms with Crippen LogP contribution in [0.3, 0.4) is 0 Å². The van der Waals surface area contributed by atoms with Crippen molar-refractivity contribution in [2.75, 3.05) is 26.2 Å². The van der Waals surface area contributed by atoms with E-state index in [4.69, 9.17) is 0 Å². The highest BCUT2D eigenvalue weighted by Gasteiger charge is 2.26. The predicted octanol–water partition coefficient (Wildman–Crippen LogP) is 4.16. The molecule has 2 atom stereocenters. The van der Waals surface area contributed by atoms with Gasteiger partial charge < -0.3 is 10.2 Å². The van der Waals surface area contributed by atoms with Gasteiger partial charge in [-0.25, -0.2) is 0 Å². The van der Waals surface area contributed by atoms with Crippen molar-refractivity contribution in [2.24, 2.45) is 11.3 Å². The van der Waals surface area contributed by atoms with E-state index in [1.165, 1.54) is 38.9 Å². The Morgan fingerprint density at radius 3 is 2.16 bits per heavy atom. The Morgan fingerprint density at radius 2 is 1.74 bits per heavy atom. The van der Waals surface area contributed by atoms with Crippen LogP contribution < -0.4 is 5.32 Å². The third kappa shape index (κ3) is 8.65. The van der Waals surface area contributed by atoms with Crippen LogP contribution in [-0.4, -0.2) is 37.1 Å². The third-order valence-electron chi connectivity index (χ3n) is 4.11. The molecule has 1 N–H and O–H groups in total. The van der Waals surface area contributed by atoms with Gasteiger partial charge in [0.25, 0.3) is 0 Å². The average Bonchev–Trinajstić information content (AvgIpc) is 2.35. The van der Waals surface area contributed by atoms with Crippen molar-refractivity contribution in [3.8, 4) is 0 Å². The summed E-state index contributed by atoms with van der Waals surface area (Å²) in [6.07, 6.45) is 3.87. The fourth-order valence-corrected chi connectivity index (χ4v) is 2.69. The van der Waals surface area contributed by atoms with E-state index >= 15 is 0 Å². The lowest BCUT2D eigenvalue weighted by Gasteiger charge is -2.37. The van der Waals surface area contributed by atoms with Crippen LogP contribution >= 0.6 is 0 Å². The lowest BCUT2D eigenvalue weighted by Crippen LogP contribution is -2.45. The van der Waals surface area contributed by atoms with Crippen molar-refractivity contribution in [1.82, 2.24) is 10.2 Å². The Hall–Kier alpha value is -0.0800. The van der Waals surface area contributed by atoms with E-state index in [-0.39, 0.29) is 0 Å². The molecule has 0 spiro atoms. The van der Waals surface area contributed by atoms with E-state index < -0.39 is 0 Å². The average molecular weight is 271 g/mol. The first-order valence-corrected chi connectivity index (χ1v) is 8.32. The molecule has 0 amide bonds. The maximum atomic E-state index is 3.64. The van der Waals surface area contributed by atoms with Crippen LogP contribution in [0.25, 0.3) is 0 Å². The topological polar surface area (TPSA) is 15.3 Å². The first-order chi connectivity index (χ1) is 8.86. The fraction of sp³-hybridized carbons (Fsp3) is 1.00. The maximum absolute atomic E-state index is 3.64. The van der Waals surface area contributed by atoms with Crippen molar-refractivity contribution in [2.45, 2.75) is 73.8 Å². The summed E-state index contributed by atoms with van der Waals surface area (Å²) in [5.74, 6) is 0.809. The Kier molecular flexibility index (Phi) is 9.72. The monoisotopic (exact) mass is 270 g/mol. The molecule has 0 fully saturated rings. The Morgan fingerprint density at radius 1 is 1.11 bits per heavy atom. The van der Waals surface area contributed by atoms with Crippen molar-refractivity contribution in [1.29, 1.82) is 0 Å². The van der Waals surface area contributed by atoms with Gasteiger partial charge in [0.05, 0.1) is 0 Å². The zero-order valence-corrected chi connectivity index (χ0v) is 14.6. The molecule has 0 saturated carbocycles. The minimum atomic E-state index is 0.405. The van der Waals surface area contributed by atoms with E-state index in [2.05, 4.69) is 58.7 Å². The molecule has 2 nitrogen and oxygen atoms in total. The van der Waals surface area contributed by atoms with Gasteiger partial charge in [0.2, 0.25) is 0 Å². The van der Waals surface area contributed by atoms with Crippen LogP contribution in [0.1, 0.15) is 67.7 Å². The predicted molar refractivity (Wildman–Crippen MR) is 87.7 cm³/mol. The summed E-state index contributed by atoms with van der Waals surface area (Å²) in [4.78, 5) is 2.64. The van der Waals surface area contributed by atoms with Crippen LogP contribution in [0.15, 0.2) is 0 Å². The highest BCUT2D eigenvalue weighted by molar-refractivity contribution is 4.81. The molecule has 2 unspecified atom stereocenters. The first kappa shape index (κ1) is 18.9. The SMILES string of the molecule is CCCC(C)(CNC(C)C)CN(CC)CC(C)CC. The molecular formula is C17H38N2. The van der Waals surface area contributed by atoms with Crippen molar-refractivity contribution < 1.29 is 0 Å². The molecule has 0 aromatic rings. The molecule has 2 heteroatoms.